The second-order valence-corrected chi connectivity index (χ2v) is 3.91. The van der Waals surface area contributed by atoms with E-state index in [2.05, 4.69) is 24.1 Å². The highest BCUT2D eigenvalue weighted by Gasteiger charge is 2.05. The third-order valence-electron chi connectivity index (χ3n) is 2.05. The van der Waals surface area contributed by atoms with Crippen molar-refractivity contribution in [3.63, 3.8) is 0 Å². The molecule has 0 spiro atoms. The fraction of sp³-hybridized carbons (Fsp3) is 0.455. The highest BCUT2D eigenvalue weighted by atomic mass is 16.1. The first-order chi connectivity index (χ1) is 7.09. The average molecular weight is 207 g/mol. The van der Waals surface area contributed by atoms with E-state index in [1.807, 2.05) is 0 Å². The third-order valence-corrected chi connectivity index (χ3v) is 2.05. The molecule has 0 bridgehead atoms. The van der Waals surface area contributed by atoms with E-state index in [0.29, 0.717) is 23.8 Å². The van der Waals surface area contributed by atoms with Gasteiger partial charge in [0.15, 0.2) is 0 Å². The number of pyridine rings is 1. The topological polar surface area (TPSA) is 68.0 Å². The Morgan fingerprint density at radius 2 is 2.33 bits per heavy atom. The number of carbonyl (C=O) groups excluding carboxylic acids is 1. The van der Waals surface area contributed by atoms with Gasteiger partial charge in [-0.05, 0) is 24.5 Å². The third kappa shape index (κ3) is 3.97. The largest absolute Gasteiger partial charge is 0.384 e. The molecule has 0 atom stereocenters. The Hall–Kier alpha value is -1.58. The highest BCUT2D eigenvalue weighted by molar-refractivity contribution is 5.94. The van der Waals surface area contributed by atoms with Gasteiger partial charge in [-0.25, -0.2) is 4.98 Å². The van der Waals surface area contributed by atoms with Crippen LogP contribution in [0, 0.1) is 5.92 Å². The number of nitrogens with one attached hydrogen (secondary N) is 1. The minimum Gasteiger partial charge on any atom is -0.384 e. The van der Waals surface area contributed by atoms with Crippen molar-refractivity contribution in [1.82, 2.24) is 10.3 Å². The van der Waals surface area contributed by atoms with Crippen LogP contribution < -0.4 is 11.1 Å². The Bertz CT molecular complexity index is 336. The summed E-state index contributed by atoms with van der Waals surface area (Å²) in [6, 6.07) is 3.23. The second kappa shape index (κ2) is 5.34. The molecule has 0 unspecified atom stereocenters. The van der Waals surface area contributed by atoms with Gasteiger partial charge < -0.3 is 11.1 Å². The van der Waals surface area contributed by atoms with E-state index >= 15 is 0 Å². The summed E-state index contributed by atoms with van der Waals surface area (Å²) in [6.07, 6.45) is 2.51. The number of nitrogen functional groups attached to an aromatic ring is 1. The average Bonchev–Trinajstić information content (AvgIpc) is 2.17. The minimum atomic E-state index is -0.0928. The first kappa shape index (κ1) is 11.5. The Morgan fingerprint density at radius 3 is 2.93 bits per heavy atom. The minimum absolute atomic E-state index is 0.0928. The summed E-state index contributed by atoms with van der Waals surface area (Å²) in [7, 11) is 0. The molecule has 3 N–H and O–H groups in total. The summed E-state index contributed by atoms with van der Waals surface area (Å²) < 4.78 is 0. The van der Waals surface area contributed by atoms with Crippen LogP contribution in [-0.2, 0) is 0 Å². The lowest BCUT2D eigenvalue weighted by Crippen LogP contribution is -2.25. The lowest BCUT2D eigenvalue weighted by molar-refractivity contribution is 0.0952. The Labute approximate surface area is 89.9 Å². The van der Waals surface area contributed by atoms with Crippen molar-refractivity contribution in [3.05, 3.63) is 23.9 Å². The van der Waals surface area contributed by atoms with Crippen LogP contribution in [0.5, 0.6) is 0 Å². The van der Waals surface area contributed by atoms with Crippen molar-refractivity contribution >= 4 is 11.7 Å². The van der Waals surface area contributed by atoms with Crippen LogP contribution in [0.25, 0.3) is 0 Å². The van der Waals surface area contributed by atoms with Gasteiger partial charge in [0, 0.05) is 18.3 Å². The lowest BCUT2D eigenvalue weighted by atomic mass is 10.1. The van der Waals surface area contributed by atoms with E-state index in [0.717, 1.165) is 6.42 Å². The summed E-state index contributed by atoms with van der Waals surface area (Å²) in [6.45, 7) is 4.94. The molecule has 1 aromatic rings. The maximum atomic E-state index is 11.6. The molecule has 0 aliphatic rings. The van der Waals surface area contributed by atoms with E-state index in [4.69, 9.17) is 5.73 Å². The molecule has 1 heterocycles. The molecule has 1 amide bonds. The molecular formula is C11H17N3O. The van der Waals surface area contributed by atoms with Crippen LogP contribution in [0.1, 0.15) is 30.6 Å². The molecule has 15 heavy (non-hydrogen) atoms. The van der Waals surface area contributed by atoms with Crippen molar-refractivity contribution in [3.8, 4) is 0 Å². The van der Waals surface area contributed by atoms with Crippen molar-refractivity contribution in [2.45, 2.75) is 20.3 Å². The normalized spacial score (nSPS) is 10.3. The monoisotopic (exact) mass is 207 g/mol. The number of nitrogens with zero attached hydrogens (tertiary/aromatic N) is 1. The van der Waals surface area contributed by atoms with Crippen LogP contribution >= 0.6 is 0 Å². The Kier molecular flexibility index (Phi) is 4.09. The summed E-state index contributed by atoms with van der Waals surface area (Å²) in [5.41, 5.74) is 6.04. The molecule has 1 aromatic heterocycles. The standard InChI is InChI=1S/C11H17N3O/c1-8(2)3-5-14-11(15)9-4-6-13-10(12)7-9/h4,6-8H,3,5H2,1-2H3,(H2,12,13)(H,14,15). The van der Waals surface area contributed by atoms with Crippen LogP contribution in [-0.4, -0.2) is 17.4 Å². The molecule has 4 nitrogen and oxygen atoms in total. The number of anilines is 1. The first-order valence-electron chi connectivity index (χ1n) is 5.09. The fourth-order valence-electron chi connectivity index (χ4n) is 1.17. The summed E-state index contributed by atoms with van der Waals surface area (Å²) in [5.74, 6) is 0.865. The maximum Gasteiger partial charge on any atom is 0.251 e. The van der Waals surface area contributed by atoms with Crippen LogP contribution in [0.15, 0.2) is 18.3 Å². The zero-order valence-electron chi connectivity index (χ0n) is 9.16. The molecule has 0 aliphatic carbocycles. The first-order valence-corrected chi connectivity index (χ1v) is 5.09. The Balaban J connectivity index is 2.47. The molecule has 4 heteroatoms. The molecule has 0 fully saturated rings. The van der Waals surface area contributed by atoms with Gasteiger partial charge in [0.25, 0.3) is 5.91 Å². The zero-order valence-corrected chi connectivity index (χ0v) is 9.16. The molecule has 0 saturated heterocycles. The fourth-order valence-corrected chi connectivity index (χ4v) is 1.17. The zero-order chi connectivity index (χ0) is 11.3. The van der Waals surface area contributed by atoms with Crippen LogP contribution in [0.3, 0.4) is 0 Å². The van der Waals surface area contributed by atoms with Crippen LogP contribution in [0.4, 0.5) is 5.82 Å². The Morgan fingerprint density at radius 1 is 1.60 bits per heavy atom. The smallest absolute Gasteiger partial charge is 0.251 e. The number of amides is 1. The second-order valence-electron chi connectivity index (χ2n) is 3.91. The molecule has 0 saturated carbocycles. The summed E-state index contributed by atoms with van der Waals surface area (Å²) >= 11 is 0. The predicted molar refractivity (Wildman–Crippen MR) is 60.4 cm³/mol. The van der Waals surface area contributed by atoms with Gasteiger partial charge in [-0.3, -0.25) is 4.79 Å². The number of hydrogen-bond donors (Lipinski definition) is 2. The number of carbonyl (C=O) groups is 1. The van der Waals surface area contributed by atoms with Crippen molar-refractivity contribution in [2.75, 3.05) is 12.3 Å². The summed E-state index contributed by atoms with van der Waals surface area (Å²) in [4.78, 5) is 15.4. The predicted octanol–water partition coefficient (Wildman–Crippen LogP) is 1.44. The maximum absolute atomic E-state index is 11.6. The van der Waals surface area contributed by atoms with E-state index in [-0.39, 0.29) is 5.91 Å². The van der Waals surface area contributed by atoms with E-state index in [1.165, 1.54) is 6.20 Å². The molecule has 1 rings (SSSR count). The van der Waals surface area contributed by atoms with Crippen LogP contribution in [0.2, 0.25) is 0 Å². The summed E-state index contributed by atoms with van der Waals surface area (Å²) in [5, 5.41) is 2.84. The van der Waals surface area contributed by atoms with Gasteiger partial charge in [0.1, 0.15) is 5.82 Å². The number of aromatic nitrogens is 1. The molecular weight excluding hydrogens is 190 g/mol. The molecule has 0 radical (unpaired) electrons. The van der Waals surface area contributed by atoms with E-state index < -0.39 is 0 Å². The van der Waals surface area contributed by atoms with Gasteiger partial charge in [0.05, 0.1) is 0 Å². The number of rotatable bonds is 4. The molecule has 0 aliphatic heterocycles. The van der Waals surface area contributed by atoms with Gasteiger partial charge in [-0.2, -0.15) is 0 Å². The lowest BCUT2D eigenvalue weighted by Gasteiger charge is -2.07. The van der Waals surface area contributed by atoms with Crippen molar-refractivity contribution < 1.29 is 4.79 Å². The molecule has 82 valence electrons. The van der Waals surface area contributed by atoms with Gasteiger partial charge in [-0.15, -0.1) is 0 Å². The number of nitrogens with two attached hydrogens (primary N) is 1. The van der Waals surface area contributed by atoms with Crippen molar-refractivity contribution in [2.24, 2.45) is 5.92 Å². The molecule has 0 aromatic carbocycles. The van der Waals surface area contributed by atoms with Crippen molar-refractivity contribution in [1.29, 1.82) is 0 Å². The quantitative estimate of drug-likeness (QED) is 0.785. The van der Waals surface area contributed by atoms with E-state index in [1.54, 1.807) is 12.1 Å². The van der Waals surface area contributed by atoms with E-state index in [9.17, 15) is 4.79 Å². The SMILES string of the molecule is CC(C)CCNC(=O)c1ccnc(N)c1. The van der Waals surface area contributed by atoms with Gasteiger partial charge >= 0.3 is 0 Å². The highest BCUT2D eigenvalue weighted by Crippen LogP contribution is 2.03. The van der Waals surface area contributed by atoms with Gasteiger partial charge in [-0.1, -0.05) is 13.8 Å². The van der Waals surface area contributed by atoms with Gasteiger partial charge in [0.2, 0.25) is 0 Å². The number of hydrogen-bond acceptors (Lipinski definition) is 3.